The minimum atomic E-state index is -0.482. The third kappa shape index (κ3) is 5.12. The Kier molecular flexibility index (Phi) is 7.28. The minimum absolute atomic E-state index is 0.121. The van der Waals surface area contributed by atoms with Gasteiger partial charge in [0.2, 0.25) is 0 Å². The van der Waals surface area contributed by atoms with E-state index in [-0.39, 0.29) is 22.6 Å². The maximum Gasteiger partial charge on any atom is 0.277 e. The number of carbonyl (C=O) groups excluding carboxylic acids is 1. The van der Waals surface area contributed by atoms with Crippen LogP contribution < -0.4 is 14.9 Å². The fourth-order valence-corrected chi connectivity index (χ4v) is 3.06. The number of nitrogens with zero attached hydrogens (tertiary/aromatic N) is 1. The van der Waals surface area contributed by atoms with Crippen LogP contribution in [-0.4, -0.2) is 35.5 Å². The number of hydrogen-bond acceptors (Lipinski definition) is 6. The summed E-state index contributed by atoms with van der Waals surface area (Å²) in [6.45, 7) is 2.09. The number of phenols is 2. The van der Waals surface area contributed by atoms with Crippen LogP contribution in [0, 0.1) is 0 Å². The number of ether oxygens (including phenoxy) is 2. The van der Waals surface area contributed by atoms with Crippen molar-refractivity contribution in [2.24, 2.45) is 5.10 Å². The van der Waals surface area contributed by atoms with Crippen molar-refractivity contribution in [2.75, 3.05) is 13.2 Å². The molecule has 0 saturated heterocycles. The summed E-state index contributed by atoms with van der Waals surface area (Å²) in [4.78, 5) is 11.8. The van der Waals surface area contributed by atoms with Gasteiger partial charge in [0.15, 0.2) is 18.1 Å². The van der Waals surface area contributed by atoms with Crippen LogP contribution in [0.25, 0.3) is 0 Å². The van der Waals surface area contributed by atoms with Gasteiger partial charge in [0, 0.05) is 5.56 Å². The maximum atomic E-state index is 11.8. The van der Waals surface area contributed by atoms with Crippen LogP contribution in [0.1, 0.15) is 12.5 Å². The van der Waals surface area contributed by atoms with Gasteiger partial charge in [0.25, 0.3) is 5.91 Å². The summed E-state index contributed by atoms with van der Waals surface area (Å²) in [7, 11) is 0. The molecule has 0 aliphatic heterocycles. The standard InChI is InChI=1S/C17H16Br2N2O5/c1-2-25-12-5-3-4-6-13(12)26-9-14(22)21-20-8-10-7-11(18)17(24)15(19)16(10)23/h3-8,23-24H,2,9H2,1H3,(H,21,22)/b20-8+. The number of rotatable bonds is 7. The molecule has 1 amide bonds. The second-order valence-electron chi connectivity index (χ2n) is 4.92. The first-order chi connectivity index (χ1) is 12.4. The second kappa shape index (κ2) is 9.44. The molecule has 0 atom stereocenters. The Morgan fingerprint density at radius 2 is 1.85 bits per heavy atom. The van der Waals surface area contributed by atoms with Crippen molar-refractivity contribution >= 4 is 44.0 Å². The van der Waals surface area contributed by atoms with E-state index in [2.05, 4.69) is 42.4 Å². The van der Waals surface area contributed by atoms with Crippen LogP contribution in [0.3, 0.4) is 0 Å². The highest BCUT2D eigenvalue weighted by Gasteiger charge is 2.13. The normalized spacial score (nSPS) is 10.7. The highest BCUT2D eigenvalue weighted by atomic mass is 79.9. The molecule has 0 aliphatic carbocycles. The Morgan fingerprint density at radius 1 is 1.19 bits per heavy atom. The van der Waals surface area contributed by atoms with Gasteiger partial charge in [-0.05, 0) is 57.0 Å². The van der Waals surface area contributed by atoms with E-state index in [0.29, 0.717) is 28.1 Å². The van der Waals surface area contributed by atoms with Gasteiger partial charge in [0.05, 0.1) is 17.3 Å². The molecule has 2 rings (SSSR count). The van der Waals surface area contributed by atoms with Crippen LogP contribution >= 0.6 is 31.9 Å². The fourth-order valence-electron chi connectivity index (χ4n) is 1.91. The van der Waals surface area contributed by atoms with Crippen molar-refractivity contribution in [3.8, 4) is 23.0 Å². The number of para-hydroxylation sites is 2. The third-order valence-electron chi connectivity index (χ3n) is 3.10. The van der Waals surface area contributed by atoms with Gasteiger partial charge in [0.1, 0.15) is 16.0 Å². The van der Waals surface area contributed by atoms with Gasteiger partial charge < -0.3 is 19.7 Å². The molecule has 0 bridgehead atoms. The monoisotopic (exact) mass is 486 g/mol. The average molecular weight is 488 g/mol. The molecule has 0 aromatic heterocycles. The summed E-state index contributed by atoms with van der Waals surface area (Å²) >= 11 is 6.21. The lowest BCUT2D eigenvalue weighted by Crippen LogP contribution is -2.24. The van der Waals surface area contributed by atoms with E-state index in [0.717, 1.165) is 0 Å². The molecular weight excluding hydrogens is 472 g/mol. The Hall–Kier alpha value is -2.26. The topological polar surface area (TPSA) is 100 Å². The van der Waals surface area contributed by atoms with Crippen LogP contribution in [0.5, 0.6) is 23.0 Å². The number of hydrogen-bond donors (Lipinski definition) is 3. The van der Waals surface area contributed by atoms with E-state index >= 15 is 0 Å². The number of benzene rings is 2. The number of aromatic hydroxyl groups is 2. The second-order valence-corrected chi connectivity index (χ2v) is 6.57. The SMILES string of the molecule is CCOc1ccccc1OCC(=O)N/N=C/c1cc(Br)c(O)c(Br)c1O. The molecule has 0 unspecified atom stereocenters. The smallest absolute Gasteiger partial charge is 0.277 e. The Morgan fingerprint density at radius 3 is 2.50 bits per heavy atom. The molecule has 3 N–H and O–H groups in total. The average Bonchev–Trinajstić information content (AvgIpc) is 2.63. The van der Waals surface area contributed by atoms with Gasteiger partial charge in [-0.25, -0.2) is 5.43 Å². The first-order valence-corrected chi connectivity index (χ1v) is 9.09. The van der Waals surface area contributed by atoms with E-state index < -0.39 is 5.91 Å². The lowest BCUT2D eigenvalue weighted by atomic mass is 10.2. The van der Waals surface area contributed by atoms with E-state index in [4.69, 9.17) is 9.47 Å². The number of phenolic OH excluding ortho intramolecular Hbond substituents is 2. The zero-order chi connectivity index (χ0) is 19.1. The van der Waals surface area contributed by atoms with Crippen molar-refractivity contribution in [3.63, 3.8) is 0 Å². The highest BCUT2D eigenvalue weighted by Crippen LogP contribution is 2.40. The van der Waals surface area contributed by atoms with Crippen molar-refractivity contribution in [3.05, 3.63) is 44.8 Å². The fraction of sp³-hybridized carbons (Fsp3) is 0.176. The lowest BCUT2D eigenvalue weighted by molar-refractivity contribution is -0.123. The lowest BCUT2D eigenvalue weighted by Gasteiger charge is -2.10. The van der Waals surface area contributed by atoms with Crippen molar-refractivity contribution in [1.29, 1.82) is 0 Å². The van der Waals surface area contributed by atoms with Gasteiger partial charge in [-0.2, -0.15) is 5.10 Å². The minimum Gasteiger partial charge on any atom is -0.506 e. The summed E-state index contributed by atoms with van der Waals surface area (Å²) < 4.78 is 11.3. The zero-order valence-corrected chi connectivity index (χ0v) is 16.9. The molecule has 0 radical (unpaired) electrons. The summed E-state index contributed by atoms with van der Waals surface area (Å²) in [5.41, 5.74) is 2.59. The Balaban J connectivity index is 1.95. The van der Waals surface area contributed by atoms with Crippen LogP contribution in [-0.2, 0) is 4.79 Å². The predicted molar refractivity (Wildman–Crippen MR) is 104 cm³/mol. The predicted octanol–water partition coefficient (Wildman–Crippen LogP) is 3.55. The molecule has 0 fully saturated rings. The number of halogens is 2. The Labute approximate surface area is 166 Å². The molecule has 0 heterocycles. The van der Waals surface area contributed by atoms with Gasteiger partial charge in [-0.1, -0.05) is 12.1 Å². The zero-order valence-electron chi connectivity index (χ0n) is 13.7. The molecule has 138 valence electrons. The summed E-state index contributed by atoms with van der Waals surface area (Å²) in [5.74, 6) is 0.187. The molecule has 7 nitrogen and oxygen atoms in total. The number of hydrazone groups is 1. The van der Waals surface area contributed by atoms with Crippen LogP contribution in [0.4, 0.5) is 0 Å². The number of amides is 1. The summed E-state index contributed by atoms with van der Waals surface area (Å²) in [6.07, 6.45) is 1.25. The summed E-state index contributed by atoms with van der Waals surface area (Å²) in [6, 6.07) is 8.49. The van der Waals surface area contributed by atoms with Crippen molar-refractivity contribution < 1.29 is 24.5 Å². The number of carbonyl (C=O) groups is 1. The van der Waals surface area contributed by atoms with Crippen molar-refractivity contribution in [1.82, 2.24) is 5.43 Å². The van der Waals surface area contributed by atoms with E-state index in [1.54, 1.807) is 18.2 Å². The molecule has 2 aromatic rings. The molecule has 26 heavy (non-hydrogen) atoms. The van der Waals surface area contributed by atoms with E-state index in [9.17, 15) is 15.0 Å². The van der Waals surface area contributed by atoms with E-state index in [1.165, 1.54) is 12.3 Å². The first-order valence-electron chi connectivity index (χ1n) is 7.50. The molecule has 9 heteroatoms. The van der Waals surface area contributed by atoms with Gasteiger partial charge in [-0.15, -0.1) is 0 Å². The van der Waals surface area contributed by atoms with Crippen LogP contribution in [0.15, 0.2) is 44.4 Å². The summed E-state index contributed by atoms with van der Waals surface area (Å²) in [5, 5.41) is 23.4. The quantitative estimate of drug-likeness (QED) is 0.409. The van der Waals surface area contributed by atoms with E-state index in [1.807, 2.05) is 13.0 Å². The molecule has 0 saturated carbocycles. The number of nitrogens with one attached hydrogen (secondary N) is 1. The van der Waals surface area contributed by atoms with Gasteiger partial charge >= 0.3 is 0 Å². The third-order valence-corrected chi connectivity index (χ3v) is 4.45. The molecule has 0 spiro atoms. The largest absolute Gasteiger partial charge is 0.506 e. The first kappa shape index (κ1) is 20.1. The van der Waals surface area contributed by atoms with Gasteiger partial charge in [-0.3, -0.25) is 4.79 Å². The van der Waals surface area contributed by atoms with Crippen LogP contribution in [0.2, 0.25) is 0 Å². The molecule has 0 aliphatic rings. The Bertz CT molecular complexity index is 827. The highest BCUT2D eigenvalue weighted by molar-refractivity contribution is 9.11. The molecular formula is C17H16Br2N2O5. The maximum absolute atomic E-state index is 11.8. The molecule has 2 aromatic carbocycles. The van der Waals surface area contributed by atoms with Crippen molar-refractivity contribution in [2.45, 2.75) is 6.92 Å².